The van der Waals surface area contributed by atoms with Crippen molar-refractivity contribution in [2.75, 3.05) is 0 Å². The summed E-state index contributed by atoms with van der Waals surface area (Å²) in [6.07, 6.45) is 0.0359. The Hall–Kier alpha value is -1.98. The monoisotopic (exact) mass is 213 g/mol. The Labute approximate surface area is 84.3 Å². The highest BCUT2D eigenvalue weighted by Gasteiger charge is 2.22. The summed E-state index contributed by atoms with van der Waals surface area (Å²) < 4.78 is 12.9. The Balaban J connectivity index is 3.41. The average molecular weight is 213 g/mol. The van der Waals surface area contributed by atoms with Crippen LogP contribution in [0.1, 0.15) is 23.7 Å². The normalized spacial score (nSPS) is 10.0. The average Bonchev–Trinajstić information content (AvgIpc) is 2.19. The van der Waals surface area contributed by atoms with Crippen molar-refractivity contribution >= 4 is 11.5 Å². The molecule has 0 fully saturated rings. The molecule has 0 aromatic heterocycles. The van der Waals surface area contributed by atoms with Crippen LogP contribution in [-0.2, 0) is 0 Å². The molecule has 5 nitrogen and oxygen atoms in total. The van der Waals surface area contributed by atoms with E-state index in [-0.39, 0.29) is 12.0 Å². The topological polar surface area (TPSA) is 80.4 Å². The predicted molar refractivity (Wildman–Crippen MR) is 49.3 cm³/mol. The van der Waals surface area contributed by atoms with Crippen LogP contribution < -0.4 is 0 Å². The van der Waals surface area contributed by atoms with Gasteiger partial charge in [0.1, 0.15) is 5.82 Å². The Bertz CT molecular complexity index is 430. The molecule has 0 amide bonds. The van der Waals surface area contributed by atoms with Gasteiger partial charge in [-0.15, -0.1) is 0 Å². The largest absolute Gasteiger partial charge is 0.502 e. The van der Waals surface area contributed by atoms with Crippen molar-refractivity contribution in [1.29, 1.82) is 0 Å². The minimum absolute atomic E-state index is 0.0359. The van der Waals surface area contributed by atoms with Crippen molar-refractivity contribution in [2.24, 2.45) is 0 Å². The van der Waals surface area contributed by atoms with Crippen LogP contribution in [0.15, 0.2) is 12.1 Å². The minimum Gasteiger partial charge on any atom is -0.502 e. The van der Waals surface area contributed by atoms with Crippen LogP contribution in [0.5, 0.6) is 5.75 Å². The maximum Gasteiger partial charge on any atom is 0.314 e. The maximum absolute atomic E-state index is 12.9. The molecule has 1 aromatic carbocycles. The van der Waals surface area contributed by atoms with Gasteiger partial charge in [-0.2, -0.15) is 0 Å². The lowest BCUT2D eigenvalue weighted by atomic mass is 10.1. The van der Waals surface area contributed by atoms with Crippen molar-refractivity contribution < 1.29 is 19.2 Å². The predicted octanol–water partition coefficient (Wildman–Crippen LogP) is 2.03. The van der Waals surface area contributed by atoms with Gasteiger partial charge in [0.15, 0.2) is 5.78 Å². The zero-order chi connectivity index (χ0) is 11.6. The van der Waals surface area contributed by atoms with Gasteiger partial charge >= 0.3 is 5.69 Å². The Morgan fingerprint density at radius 1 is 1.60 bits per heavy atom. The van der Waals surface area contributed by atoms with E-state index in [2.05, 4.69) is 0 Å². The molecule has 80 valence electrons. The van der Waals surface area contributed by atoms with Crippen LogP contribution in [0.4, 0.5) is 10.1 Å². The van der Waals surface area contributed by atoms with Crippen LogP contribution >= 0.6 is 0 Å². The van der Waals surface area contributed by atoms with Crippen LogP contribution in [0.3, 0.4) is 0 Å². The lowest BCUT2D eigenvalue weighted by molar-refractivity contribution is -0.386. The molecule has 0 atom stereocenters. The number of rotatable bonds is 3. The molecule has 15 heavy (non-hydrogen) atoms. The number of nitrogens with zero attached hydrogens (tertiary/aromatic N) is 1. The van der Waals surface area contributed by atoms with Crippen LogP contribution in [0, 0.1) is 15.9 Å². The third-order valence-corrected chi connectivity index (χ3v) is 1.87. The van der Waals surface area contributed by atoms with Crippen molar-refractivity contribution in [2.45, 2.75) is 13.3 Å². The molecule has 1 aromatic rings. The lowest BCUT2D eigenvalue weighted by Crippen LogP contribution is -2.01. The highest BCUT2D eigenvalue weighted by molar-refractivity contribution is 5.99. The standard InChI is InChI=1S/C9H8FNO4/c1-2-8(12)6-3-5(10)4-7(9(6)13)11(14)15/h3-4,13H,2H2,1H3. The second-order valence-electron chi connectivity index (χ2n) is 2.85. The van der Waals surface area contributed by atoms with E-state index in [0.717, 1.165) is 6.07 Å². The number of Topliss-reactive ketones (excluding diaryl/α,β-unsaturated/α-hetero) is 1. The van der Waals surface area contributed by atoms with Gasteiger partial charge in [-0.05, 0) is 6.07 Å². The molecule has 0 heterocycles. The van der Waals surface area contributed by atoms with Crippen molar-refractivity contribution in [3.8, 4) is 5.75 Å². The van der Waals surface area contributed by atoms with Gasteiger partial charge in [-0.25, -0.2) is 4.39 Å². The van der Waals surface area contributed by atoms with Gasteiger partial charge < -0.3 is 5.11 Å². The first kappa shape index (κ1) is 11.1. The van der Waals surface area contributed by atoms with E-state index in [0.29, 0.717) is 6.07 Å². The molecule has 1 N–H and O–H groups in total. The highest BCUT2D eigenvalue weighted by Crippen LogP contribution is 2.31. The third kappa shape index (κ3) is 2.09. The number of hydrogen-bond acceptors (Lipinski definition) is 4. The van der Waals surface area contributed by atoms with E-state index >= 15 is 0 Å². The van der Waals surface area contributed by atoms with Crippen LogP contribution in [0.25, 0.3) is 0 Å². The van der Waals surface area contributed by atoms with E-state index in [9.17, 15) is 24.4 Å². The number of carbonyl (C=O) groups is 1. The number of halogens is 1. The van der Waals surface area contributed by atoms with E-state index in [1.807, 2.05) is 0 Å². The number of ketones is 1. The zero-order valence-electron chi connectivity index (χ0n) is 7.86. The van der Waals surface area contributed by atoms with E-state index in [4.69, 9.17) is 0 Å². The lowest BCUT2D eigenvalue weighted by Gasteiger charge is -2.02. The van der Waals surface area contributed by atoms with Gasteiger partial charge in [0.2, 0.25) is 5.75 Å². The molecule has 0 unspecified atom stereocenters. The molecule has 0 radical (unpaired) electrons. The highest BCUT2D eigenvalue weighted by atomic mass is 19.1. The Morgan fingerprint density at radius 2 is 2.20 bits per heavy atom. The van der Waals surface area contributed by atoms with Crippen molar-refractivity contribution in [3.63, 3.8) is 0 Å². The summed E-state index contributed by atoms with van der Waals surface area (Å²) in [5.74, 6) is -2.25. The maximum atomic E-state index is 12.9. The van der Waals surface area contributed by atoms with Gasteiger partial charge in [0.05, 0.1) is 16.6 Å². The molecule has 0 spiro atoms. The van der Waals surface area contributed by atoms with E-state index in [1.54, 1.807) is 0 Å². The van der Waals surface area contributed by atoms with Crippen molar-refractivity contribution in [3.05, 3.63) is 33.6 Å². The van der Waals surface area contributed by atoms with Crippen molar-refractivity contribution in [1.82, 2.24) is 0 Å². The molecule has 0 aliphatic heterocycles. The fourth-order valence-electron chi connectivity index (χ4n) is 1.13. The first-order valence-corrected chi connectivity index (χ1v) is 4.17. The van der Waals surface area contributed by atoms with Gasteiger partial charge in [0, 0.05) is 6.42 Å². The molecule has 0 aliphatic carbocycles. The summed E-state index contributed by atoms with van der Waals surface area (Å²) in [5, 5.41) is 19.8. The summed E-state index contributed by atoms with van der Waals surface area (Å²) in [4.78, 5) is 20.7. The number of phenolic OH excluding ortho intramolecular Hbond substituents is 1. The second kappa shape index (κ2) is 4.04. The van der Waals surface area contributed by atoms with Gasteiger partial charge in [-0.3, -0.25) is 14.9 Å². The summed E-state index contributed by atoms with van der Waals surface area (Å²) in [6.45, 7) is 1.51. The molecular weight excluding hydrogens is 205 g/mol. The zero-order valence-corrected chi connectivity index (χ0v) is 7.86. The minimum atomic E-state index is -0.940. The van der Waals surface area contributed by atoms with Crippen LogP contribution in [-0.4, -0.2) is 15.8 Å². The first-order valence-electron chi connectivity index (χ1n) is 4.17. The molecule has 1 rings (SSSR count). The van der Waals surface area contributed by atoms with Crippen LogP contribution in [0.2, 0.25) is 0 Å². The summed E-state index contributed by atoms with van der Waals surface area (Å²) in [6, 6.07) is 1.36. The fraction of sp³-hybridized carbons (Fsp3) is 0.222. The molecule has 6 heteroatoms. The summed E-state index contributed by atoms with van der Waals surface area (Å²) in [5.41, 5.74) is -1.16. The number of benzene rings is 1. The van der Waals surface area contributed by atoms with E-state index < -0.39 is 28.0 Å². The van der Waals surface area contributed by atoms with Gasteiger partial charge in [-0.1, -0.05) is 6.92 Å². The summed E-state index contributed by atoms with van der Waals surface area (Å²) in [7, 11) is 0. The quantitative estimate of drug-likeness (QED) is 0.473. The summed E-state index contributed by atoms with van der Waals surface area (Å²) >= 11 is 0. The molecule has 0 aliphatic rings. The number of nitro benzene ring substituents is 1. The molecule has 0 bridgehead atoms. The van der Waals surface area contributed by atoms with Gasteiger partial charge in [0.25, 0.3) is 0 Å². The Kier molecular flexibility index (Phi) is 2.99. The molecule has 0 saturated heterocycles. The number of nitro groups is 1. The molecular formula is C9H8FNO4. The fourth-order valence-corrected chi connectivity index (χ4v) is 1.13. The SMILES string of the molecule is CCC(=O)c1cc(F)cc([N+](=O)[O-])c1O. The number of aromatic hydroxyl groups is 1. The van der Waals surface area contributed by atoms with E-state index in [1.165, 1.54) is 6.92 Å². The molecule has 0 saturated carbocycles. The third-order valence-electron chi connectivity index (χ3n) is 1.87. The number of phenols is 1. The Morgan fingerprint density at radius 3 is 2.67 bits per heavy atom. The number of hydrogen-bond donors (Lipinski definition) is 1. The smallest absolute Gasteiger partial charge is 0.314 e. The second-order valence-corrected chi connectivity index (χ2v) is 2.85. The number of carbonyl (C=O) groups excluding carboxylic acids is 1. The first-order chi connectivity index (χ1) is 6.97.